The highest BCUT2D eigenvalue weighted by Gasteiger charge is 2.19. The van der Waals surface area contributed by atoms with Crippen molar-refractivity contribution in [2.75, 3.05) is 12.4 Å². The fourth-order valence-electron chi connectivity index (χ4n) is 2.97. The molecule has 0 aliphatic heterocycles. The van der Waals surface area contributed by atoms with Crippen LogP contribution in [0.1, 0.15) is 10.4 Å². The van der Waals surface area contributed by atoms with Crippen molar-refractivity contribution in [1.82, 2.24) is 9.78 Å². The fourth-order valence-corrected chi connectivity index (χ4v) is 2.97. The van der Waals surface area contributed by atoms with Gasteiger partial charge in [0, 0.05) is 23.5 Å². The average molecular weight is 387 g/mol. The first-order valence-electron chi connectivity index (χ1n) is 9.00. The predicted octanol–water partition coefficient (Wildman–Crippen LogP) is 4.94. The second-order valence-electron chi connectivity index (χ2n) is 6.36. The number of amides is 1. The second kappa shape index (κ2) is 7.98. The molecular weight excluding hydrogens is 369 g/mol. The van der Waals surface area contributed by atoms with Crippen LogP contribution < -0.4 is 10.1 Å². The summed E-state index contributed by atoms with van der Waals surface area (Å²) in [6.45, 7) is 0. The van der Waals surface area contributed by atoms with Gasteiger partial charge in [0.15, 0.2) is 0 Å². The number of halogens is 1. The van der Waals surface area contributed by atoms with E-state index in [2.05, 4.69) is 10.4 Å². The molecule has 1 N–H and O–H groups in total. The first-order valence-corrected chi connectivity index (χ1v) is 9.00. The summed E-state index contributed by atoms with van der Waals surface area (Å²) in [6, 6.07) is 22.5. The third-order valence-electron chi connectivity index (χ3n) is 4.42. The highest BCUT2D eigenvalue weighted by atomic mass is 19.1. The summed E-state index contributed by atoms with van der Waals surface area (Å²) in [5.74, 6) is -0.0278. The highest BCUT2D eigenvalue weighted by molar-refractivity contribution is 6.08. The summed E-state index contributed by atoms with van der Waals surface area (Å²) < 4.78 is 20.2. The van der Waals surface area contributed by atoms with Gasteiger partial charge in [0.05, 0.1) is 18.4 Å². The number of ether oxygens (including phenoxy) is 1. The van der Waals surface area contributed by atoms with E-state index < -0.39 is 0 Å². The lowest BCUT2D eigenvalue weighted by molar-refractivity contribution is 0.102. The zero-order valence-corrected chi connectivity index (χ0v) is 15.7. The topological polar surface area (TPSA) is 56.1 Å². The predicted molar refractivity (Wildman–Crippen MR) is 110 cm³/mol. The largest absolute Gasteiger partial charge is 0.497 e. The quantitative estimate of drug-likeness (QED) is 0.528. The number of carbonyl (C=O) groups is 1. The molecule has 3 aromatic carbocycles. The van der Waals surface area contributed by atoms with Gasteiger partial charge < -0.3 is 10.1 Å². The van der Waals surface area contributed by atoms with Crippen molar-refractivity contribution in [2.45, 2.75) is 0 Å². The molecule has 4 rings (SSSR count). The Kier molecular flexibility index (Phi) is 5.07. The maximum absolute atomic E-state index is 13.4. The number of carbonyl (C=O) groups excluding carboxylic acids is 1. The smallest absolute Gasteiger partial charge is 0.259 e. The van der Waals surface area contributed by atoms with Crippen molar-refractivity contribution in [3.63, 3.8) is 0 Å². The molecule has 0 unspecified atom stereocenters. The number of nitrogens with one attached hydrogen (secondary N) is 1. The van der Waals surface area contributed by atoms with Crippen LogP contribution in [0.5, 0.6) is 5.75 Å². The van der Waals surface area contributed by atoms with Gasteiger partial charge in [0.25, 0.3) is 5.91 Å². The number of methoxy groups -OCH3 is 1. The summed E-state index contributed by atoms with van der Waals surface area (Å²) in [5.41, 5.74) is 2.91. The van der Waals surface area contributed by atoms with Crippen LogP contribution >= 0.6 is 0 Å². The molecule has 5 nitrogen and oxygen atoms in total. The third-order valence-corrected chi connectivity index (χ3v) is 4.42. The number of para-hydroxylation sites is 1. The standard InChI is InChI=1S/C23H18FN3O2/c1-29-20-9-5-6-18(14-20)25-23(28)21-15-27(19-7-3-2-4-8-19)26-22(21)16-10-12-17(24)13-11-16/h2-15H,1H3,(H,25,28). The number of benzene rings is 3. The Morgan fingerprint density at radius 3 is 2.48 bits per heavy atom. The Labute approximate surface area is 167 Å². The molecule has 0 spiro atoms. The third kappa shape index (κ3) is 4.01. The zero-order valence-electron chi connectivity index (χ0n) is 15.7. The molecule has 0 fully saturated rings. The van der Waals surface area contributed by atoms with Crippen LogP contribution in [0.25, 0.3) is 16.9 Å². The molecule has 0 atom stereocenters. The Bertz CT molecular complexity index is 1140. The monoisotopic (exact) mass is 387 g/mol. The molecule has 1 heterocycles. The molecule has 4 aromatic rings. The van der Waals surface area contributed by atoms with Crippen LogP contribution in [-0.4, -0.2) is 22.8 Å². The molecule has 1 amide bonds. The van der Waals surface area contributed by atoms with Crippen molar-refractivity contribution in [2.24, 2.45) is 0 Å². The zero-order chi connectivity index (χ0) is 20.2. The Hall–Kier alpha value is -3.93. The van der Waals surface area contributed by atoms with Crippen LogP contribution in [0.2, 0.25) is 0 Å². The first kappa shape index (κ1) is 18.4. The lowest BCUT2D eigenvalue weighted by Crippen LogP contribution is -2.12. The number of hydrogen-bond donors (Lipinski definition) is 1. The minimum atomic E-state index is -0.348. The van der Waals surface area contributed by atoms with Crippen LogP contribution in [0.15, 0.2) is 85.1 Å². The molecule has 29 heavy (non-hydrogen) atoms. The van der Waals surface area contributed by atoms with Crippen LogP contribution in [-0.2, 0) is 0 Å². The van der Waals surface area contributed by atoms with E-state index in [1.54, 1.807) is 54.4 Å². The summed E-state index contributed by atoms with van der Waals surface area (Å²) >= 11 is 0. The molecule has 0 saturated carbocycles. The number of rotatable bonds is 5. The summed E-state index contributed by atoms with van der Waals surface area (Å²) in [6.07, 6.45) is 1.67. The lowest BCUT2D eigenvalue weighted by atomic mass is 10.1. The van der Waals surface area contributed by atoms with Crippen molar-refractivity contribution < 1.29 is 13.9 Å². The minimum Gasteiger partial charge on any atom is -0.497 e. The average Bonchev–Trinajstić information content (AvgIpc) is 3.21. The van der Waals surface area contributed by atoms with Gasteiger partial charge in [-0.1, -0.05) is 24.3 Å². The summed E-state index contributed by atoms with van der Waals surface area (Å²) in [7, 11) is 1.57. The number of aromatic nitrogens is 2. The van der Waals surface area contributed by atoms with Gasteiger partial charge in [-0.3, -0.25) is 4.79 Å². The molecule has 1 aromatic heterocycles. The fraction of sp³-hybridized carbons (Fsp3) is 0.0435. The summed E-state index contributed by atoms with van der Waals surface area (Å²) in [4.78, 5) is 13.0. The Morgan fingerprint density at radius 2 is 1.76 bits per heavy atom. The summed E-state index contributed by atoms with van der Waals surface area (Å²) in [5, 5.41) is 7.46. The Balaban J connectivity index is 1.74. The lowest BCUT2D eigenvalue weighted by Gasteiger charge is -2.07. The molecule has 0 bridgehead atoms. The van der Waals surface area contributed by atoms with E-state index in [0.29, 0.717) is 28.3 Å². The van der Waals surface area contributed by atoms with E-state index in [4.69, 9.17) is 4.74 Å². The van der Waals surface area contributed by atoms with Gasteiger partial charge in [0.1, 0.15) is 17.3 Å². The number of anilines is 1. The van der Waals surface area contributed by atoms with Gasteiger partial charge in [0.2, 0.25) is 0 Å². The van der Waals surface area contributed by atoms with E-state index in [1.807, 2.05) is 30.3 Å². The molecule has 144 valence electrons. The normalized spacial score (nSPS) is 10.6. The van der Waals surface area contributed by atoms with Gasteiger partial charge >= 0.3 is 0 Å². The van der Waals surface area contributed by atoms with Gasteiger partial charge in [-0.25, -0.2) is 9.07 Å². The molecular formula is C23H18FN3O2. The SMILES string of the molecule is COc1cccc(NC(=O)c2cn(-c3ccccc3)nc2-c2ccc(F)cc2)c1. The molecule has 0 aliphatic rings. The molecule has 0 aliphatic carbocycles. The first-order chi connectivity index (χ1) is 14.1. The minimum absolute atomic E-state index is 0.320. The van der Waals surface area contributed by atoms with E-state index in [-0.39, 0.29) is 11.7 Å². The van der Waals surface area contributed by atoms with E-state index >= 15 is 0 Å². The van der Waals surface area contributed by atoms with Crippen LogP contribution in [0, 0.1) is 5.82 Å². The molecule has 0 saturated heterocycles. The van der Waals surface area contributed by atoms with Crippen molar-refractivity contribution in [1.29, 1.82) is 0 Å². The van der Waals surface area contributed by atoms with E-state index in [0.717, 1.165) is 5.69 Å². The molecule has 6 heteroatoms. The number of nitrogens with zero attached hydrogens (tertiary/aromatic N) is 2. The van der Waals surface area contributed by atoms with Gasteiger partial charge in [-0.05, 0) is 48.5 Å². The Morgan fingerprint density at radius 1 is 1.00 bits per heavy atom. The number of hydrogen-bond acceptors (Lipinski definition) is 3. The van der Waals surface area contributed by atoms with Crippen molar-refractivity contribution >= 4 is 11.6 Å². The second-order valence-corrected chi connectivity index (χ2v) is 6.36. The van der Waals surface area contributed by atoms with E-state index in [1.165, 1.54) is 12.1 Å². The molecule has 0 radical (unpaired) electrons. The van der Waals surface area contributed by atoms with E-state index in [9.17, 15) is 9.18 Å². The highest BCUT2D eigenvalue weighted by Crippen LogP contribution is 2.26. The van der Waals surface area contributed by atoms with Gasteiger partial charge in [-0.2, -0.15) is 5.10 Å². The maximum Gasteiger partial charge on any atom is 0.259 e. The van der Waals surface area contributed by atoms with Gasteiger partial charge in [-0.15, -0.1) is 0 Å². The van der Waals surface area contributed by atoms with Crippen LogP contribution in [0.4, 0.5) is 10.1 Å². The maximum atomic E-state index is 13.4. The van der Waals surface area contributed by atoms with Crippen molar-refractivity contribution in [3.05, 3.63) is 96.4 Å². The van der Waals surface area contributed by atoms with Crippen LogP contribution in [0.3, 0.4) is 0 Å². The van der Waals surface area contributed by atoms with Crippen molar-refractivity contribution in [3.8, 4) is 22.7 Å².